The maximum absolute atomic E-state index is 10.3. The molecule has 88 valence electrons. The van der Waals surface area contributed by atoms with Gasteiger partial charge in [-0.2, -0.15) is 8.42 Å². The van der Waals surface area contributed by atoms with Crippen LogP contribution in [0.5, 0.6) is 0 Å². The molecule has 0 amide bonds. The minimum atomic E-state index is -4.00. The number of hydrogen-bond acceptors (Lipinski definition) is 2. The van der Waals surface area contributed by atoms with E-state index in [9.17, 15) is 8.42 Å². The molecular weight excluding hydrogens is 247 g/mol. The zero-order chi connectivity index (χ0) is 12.4. The van der Waals surface area contributed by atoms with E-state index in [1.165, 1.54) is 6.08 Å². The molecule has 0 bridgehead atoms. The van der Waals surface area contributed by atoms with Crippen LogP contribution in [-0.2, 0) is 10.1 Å². The second-order valence-electron chi connectivity index (χ2n) is 2.70. The van der Waals surface area contributed by atoms with Crippen molar-refractivity contribution >= 4 is 16.2 Å². The summed E-state index contributed by atoms with van der Waals surface area (Å²) < 4.78 is 28.9. The van der Waals surface area contributed by atoms with Crippen molar-refractivity contribution in [1.82, 2.24) is 0 Å². The summed E-state index contributed by atoms with van der Waals surface area (Å²) in [6.07, 6.45) is 4.61. The van der Waals surface area contributed by atoms with Gasteiger partial charge >= 0.3 is 29.6 Å². The van der Waals surface area contributed by atoms with E-state index in [-0.39, 0.29) is 31.0 Å². The molecule has 1 aromatic rings. The predicted octanol–water partition coefficient (Wildman–Crippen LogP) is 0.0200. The van der Waals surface area contributed by atoms with Gasteiger partial charge in [-0.3, -0.25) is 4.55 Å². The van der Waals surface area contributed by atoms with E-state index in [1.54, 1.807) is 36.4 Å². The van der Waals surface area contributed by atoms with Crippen LogP contribution in [0.15, 0.2) is 61.0 Å². The Kier molecular flexibility index (Phi) is 11.6. The Hall–Kier alpha value is -0.650. The van der Waals surface area contributed by atoms with Crippen LogP contribution in [-0.4, -0.2) is 13.0 Å². The third-order valence-electron chi connectivity index (χ3n) is 1.40. The third-order valence-corrected chi connectivity index (χ3v) is 1.88. The van der Waals surface area contributed by atoms with E-state index >= 15 is 0 Å². The van der Waals surface area contributed by atoms with E-state index in [0.717, 1.165) is 11.0 Å². The largest absolute Gasteiger partial charge is 1.00 e. The summed E-state index contributed by atoms with van der Waals surface area (Å²) in [4.78, 5) is 0. The molecule has 0 aliphatic carbocycles. The third kappa shape index (κ3) is 13.3. The van der Waals surface area contributed by atoms with E-state index in [2.05, 4.69) is 13.2 Å². The monoisotopic (exact) mass is 262 g/mol. The zero-order valence-corrected chi connectivity index (χ0v) is 12.6. The van der Waals surface area contributed by atoms with Gasteiger partial charge in [-0.1, -0.05) is 55.6 Å². The normalized spacial score (nSPS) is 9.71. The smallest absolute Gasteiger partial charge is 1.00 e. The van der Waals surface area contributed by atoms with Crippen LogP contribution < -0.4 is 29.6 Å². The second-order valence-corrected chi connectivity index (χ2v) is 4.00. The minimum Gasteiger partial charge on any atom is -1.00 e. The van der Waals surface area contributed by atoms with Gasteiger partial charge in [0.25, 0.3) is 10.1 Å². The quantitative estimate of drug-likeness (QED) is 0.475. The Balaban J connectivity index is -0.000000332. The Morgan fingerprint density at radius 2 is 1.59 bits per heavy atom. The minimum absolute atomic E-state index is 0. The molecule has 0 atom stereocenters. The van der Waals surface area contributed by atoms with Crippen molar-refractivity contribution in [3.63, 3.8) is 0 Å². The molecule has 0 fully saturated rings. The molecule has 0 heterocycles. The van der Waals surface area contributed by atoms with Crippen LogP contribution in [0.1, 0.15) is 6.99 Å². The van der Waals surface area contributed by atoms with Crippen molar-refractivity contribution in [3.8, 4) is 0 Å². The fourth-order valence-corrected chi connectivity index (χ4v) is 1.06. The van der Waals surface area contributed by atoms with E-state index < -0.39 is 10.1 Å². The summed E-state index contributed by atoms with van der Waals surface area (Å²) in [6.45, 7) is 6.72. The first-order valence-electron chi connectivity index (χ1n) is 4.43. The maximum atomic E-state index is 10.3. The fourth-order valence-electron chi connectivity index (χ4n) is 0.729. The van der Waals surface area contributed by atoms with Crippen LogP contribution in [0.2, 0.25) is 0 Å². The van der Waals surface area contributed by atoms with Crippen LogP contribution in [0.4, 0.5) is 0 Å². The van der Waals surface area contributed by atoms with E-state index in [1.807, 2.05) is 6.07 Å². The zero-order valence-electron chi connectivity index (χ0n) is 10.8. The molecule has 5 heteroatoms. The molecule has 0 spiro atoms. The van der Waals surface area contributed by atoms with Gasteiger partial charge < -0.3 is 1.43 Å². The van der Waals surface area contributed by atoms with Gasteiger partial charge in [-0.25, -0.2) is 0 Å². The Morgan fingerprint density at radius 3 is 1.94 bits per heavy atom. The van der Waals surface area contributed by atoms with Crippen molar-refractivity contribution < 1.29 is 44.0 Å². The molecule has 1 rings (SSSR count). The molecule has 0 radical (unpaired) electrons. The summed E-state index contributed by atoms with van der Waals surface area (Å²) in [6, 6.07) is 8.86. The number of benzene rings is 1. The summed E-state index contributed by atoms with van der Waals surface area (Å²) in [7, 11) is -4.00. The van der Waals surface area contributed by atoms with E-state index in [4.69, 9.17) is 4.55 Å². The molecule has 0 saturated carbocycles. The first-order valence-corrected chi connectivity index (χ1v) is 5.94. The van der Waals surface area contributed by atoms with Crippen molar-refractivity contribution in [1.29, 1.82) is 0 Å². The van der Waals surface area contributed by atoms with Crippen molar-refractivity contribution in [2.45, 2.75) is 0 Å². The van der Waals surface area contributed by atoms with Crippen molar-refractivity contribution in [3.05, 3.63) is 66.6 Å². The van der Waals surface area contributed by atoms with Gasteiger partial charge in [-0.15, -0.1) is 0 Å². The summed E-state index contributed by atoms with van der Waals surface area (Å²) in [5.74, 6) is 0. The first-order chi connectivity index (χ1) is 7.49. The van der Waals surface area contributed by atoms with Crippen molar-refractivity contribution in [2.75, 3.05) is 0 Å². The standard InChI is InChI=1S/C8H8O3S.C4H6.Na.H/c9-12(10,11)7-6-8-4-2-1-3-5-8;1-3-4-2;;/h1-7H,(H,9,10,11);3-4H,1-2H2;;/q;;+1;-1. The molecule has 17 heavy (non-hydrogen) atoms. The molecule has 1 aromatic carbocycles. The van der Waals surface area contributed by atoms with Gasteiger partial charge in [0.15, 0.2) is 0 Å². The molecule has 1 N–H and O–H groups in total. The molecule has 0 unspecified atom stereocenters. The first kappa shape index (κ1) is 18.7. The number of rotatable bonds is 3. The number of hydrogen-bond donors (Lipinski definition) is 1. The van der Waals surface area contributed by atoms with Gasteiger partial charge in [-0.05, 0) is 11.6 Å². The number of allylic oxidation sites excluding steroid dienone is 2. The second kappa shape index (κ2) is 10.5. The molecule has 3 nitrogen and oxygen atoms in total. The van der Waals surface area contributed by atoms with Crippen LogP contribution in [0.3, 0.4) is 0 Å². The van der Waals surface area contributed by atoms with Gasteiger partial charge in [0.05, 0.1) is 5.41 Å². The maximum Gasteiger partial charge on any atom is 1.00 e. The van der Waals surface area contributed by atoms with Crippen LogP contribution in [0.25, 0.3) is 6.08 Å². The SMILES string of the molecule is C=CC=C.O=S(=O)(O)C=Cc1ccccc1.[H-].[Na+]. The summed E-state index contributed by atoms with van der Waals surface area (Å²) in [5, 5.41) is 0.752. The Labute approximate surface area is 126 Å². The van der Waals surface area contributed by atoms with E-state index in [0.29, 0.717) is 0 Å². The van der Waals surface area contributed by atoms with Gasteiger partial charge in [0.2, 0.25) is 0 Å². The Morgan fingerprint density at radius 1 is 1.12 bits per heavy atom. The molecule has 0 aromatic heterocycles. The van der Waals surface area contributed by atoms with Gasteiger partial charge in [0, 0.05) is 0 Å². The van der Waals surface area contributed by atoms with Crippen LogP contribution in [0, 0.1) is 0 Å². The Bertz CT molecular complexity index is 449. The summed E-state index contributed by atoms with van der Waals surface area (Å²) >= 11 is 0. The molecular formula is C12H15NaO3S. The molecule has 0 aliphatic heterocycles. The van der Waals surface area contributed by atoms with Gasteiger partial charge in [0.1, 0.15) is 0 Å². The average molecular weight is 262 g/mol. The molecule has 0 saturated heterocycles. The topological polar surface area (TPSA) is 54.4 Å². The van der Waals surface area contributed by atoms with Crippen molar-refractivity contribution in [2.24, 2.45) is 0 Å². The summed E-state index contributed by atoms with van der Waals surface area (Å²) in [5.41, 5.74) is 0.732. The van der Waals surface area contributed by atoms with Crippen LogP contribution >= 0.6 is 0 Å². The average Bonchev–Trinajstić information content (AvgIpc) is 2.27. The molecule has 0 aliphatic rings. The predicted molar refractivity (Wildman–Crippen MR) is 68.5 cm³/mol. The fraction of sp³-hybridized carbons (Fsp3) is 0.